The summed E-state index contributed by atoms with van der Waals surface area (Å²) >= 11 is 1.55. The highest BCUT2D eigenvalue weighted by atomic mass is 32.1. The number of hydrogen-bond donors (Lipinski definition) is 1. The van der Waals surface area contributed by atoms with Crippen molar-refractivity contribution in [3.8, 4) is 16.3 Å². The van der Waals surface area contributed by atoms with Gasteiger partial charge in [-0.25, -0.2) is 15.0 Å². The second-order valence-corrected chi connectivity index (χ2v) is 9.67. The van der Waals surface area contributed by atoms with Crippen molar-refractivity contribution in [2.45, 2.75) is 38.9 Å². The Kier molecular flexibility index (Phi) is 7.66. The average Bonchev–Trinajstić information content (AvgIpc) is 3.53. The maximum absolute atomic E-state index is 12.9. The molecule has 7 nitrogen and oxygen atoms in total. The van der Waals surface area contributed by atoms with Gasteiger partial charge in [-0.3, -0.25) is 4.79 Å². The molecular formula is C24H25F3N4O3S. The molecule has 35 heavy (non-hydrogen) atoms. The minimum atomic E-state index is -4.62. The van der Waals surface area contributed by atoms with Crippen LogP contribution in [0.3, 0.4) is 0 Å². The molecule has 1 N–H and O–H groups in total. The maximum atomic E-state index is 12.9. The zero-order valence-corrected chi connectivity index (χ0v) is 20.1. The SMILES string of the molecule is CC(C)c1cnc(-c2cc(OC[C@H]3CCOC3)cc(C(=O)NCc3cnc(C(F)(F)F)nc3)c2)s1. The number of aromatic nitrogens is 3. The molecule has 3 heterocycles. The first-order valence-electron chi connectivity index (χ1n) is 11.2. The number of carbonyl (C=O) groups excluding carboxylic acids is 1. The summed E-state index contributed by atoms with van der Waals surface area (Å²) in [5.41, 5.74) is 1.46. The average molecular weight is 507 g/mol. The smallest absolute Gasteiger partial charge is 0.451 e. The Morgan fingerprint density at radius 3 is 2.60 bits per heavy atom. The number of benzene rings is 1. The molecule has 1 aromatic carbocycles. The number of amides is 1. The lowest BCUT2D eigenvalue weighted by molar-refractivity contribution is -0.145. The van der Waals surface area contributed by atoms with Crippen molar-refractivity contribution in [1.29, 1.82) is 0 Å². The molecule has 2 aromatic heterocycles. The Balaban J connectivity index is 1.52. The monoisotopic (exact) mass is 506 g/mol. The Labute approximate surface area is 204 Å². The number of halogens is 3. The third kappa shape index (κ3) is 6.55. The van der Waals surface area contributed by atoms with E-state index in [-0.39, 0.29) is 6.54 Å². The molecule has 1 amide bonds. The highest BCUT2D eigenvalue weighted by Gasteiger charge is 2.34. The van der Waals surface area contributed by atoms with Crippen LogP contribution in [-0.4, -0.2) is 40.7 Å². The van der Waals surface area contributed by atoms with E-state index in [4.69, 9.17) is 9.47 Å². The number of rotatable bonds is 8. The second kappa shape index (κ2) is 10.7. The van der Waals surface area contributed by atoms with E-state index in [2.05, 4.69) is 34.1 Å². The van der Waals surface area contributed by atoms with E-state index in [1.165, 1.54) is 0 Å². The molecule has 1 atom stereocenters. The van der Waals surface area contributed by atoms with Gasteiger partial charge in [-0.05, 0) is 30.5 Å². The minimum Gasteiger partial charge on any atom is -0.493 e. The Morgan fingerprint density at radius 1 is 1.20 bits per heavy atom. The van der Waals surface area contributed by atoms with Crippen molar-refractivity contribution in [3.05, 3.63) is 58.6 Å². The molecule has 0 radical (unpaired) electrons. The van der Waals surface area contributed by atoms with E-state index in [1.54, 1.807) is 23.5 Å². The van der Waals surface area contributed by atoms with E-state index in [0.29, 0.717) is 48.5 Å². The Morgan fingerprint density at radius 2 is 1.97 bits per heavy atom. The van der Waals surface area contributed by atoms with E-state index in [0.717, 1.165) is 34.3 Å². The van der Waals surface area contributed by atoms with Crippen LogP contribution in [-0.2, 0) is 17.5 Å². The first-order valence-corrected chi connectivity index (χ1v) is 12.0. The zero-order valence-electron chi connectivity index (χ0n) is 19.3. The third-order valence-corrected chi connectivity index (χ3v) is 6.78. The minimum absolute atomic E-state index is 0.0223. The van der Waals surface area contributed by atoms with Gasteiger partial charge in [-0.1, -0.05) is 13.8 Å². The standard InChI is InChI=1S/C24H25F3N4O3S/c1-14(2)20-11-29-22(35-20)18-5-17(6-19(7-18)34-13-15-3-4-33-12-15)21(32)28-8-16-9-30-23(31-10-16)24(25,26)27/h5-7,9-11,14-15H,3-4,8,12-13H2,1-2H3,(H,28,32)/t15-/m0/s1. The van der Waals surface area contributed by atoms with Gasteiger partial charge in [0.2, 0.25) is 5.82 Å². The van der Waals surface area contributed by atoms with Crippen LogP contribution < -0.4 is 10.1 Å². The van der Waals surface area contributed by atoms with Crippen molar-refractivity contribution in [2.24, 2.45) is 5.92 Å². The first-order chi connectivity index (χ1) is 16.7. The van der Waals surface area contributed by atoms with Crippen LogP contribution in [0.25, 0.3) is 10.6 Å². The normalized spacial score (nSPS) is 16.0. The second-order valence-electron chi connectivity index (χ2n) is 8.60. The molecule has 1 fully saturated rings. The van der Waals surface area contributed by atoms with Crippen LogP contribution in [0.2, 0.25) is 0 Å². The number of ether oxygens (including phenoxy) is 2. The molecule has 1 saturated heterocycles. The van der Waals surface area contributed by atoms with Crippen molar-refractivity contribution < 1.29 is 27.4 Å². The van der Waals surface area contributed by atoms with Gasteiger partial charge in [0.25, 0.3) is 5.91 Å². The predicted octanol–water partition coefficient (Wildman–Crippen LogP) is 5.09. The molecule has 0 bridgehead atoms. The molecule has 0 aliphatic carbocycles. The summed E-state index contributed by atoms with van der Waals surface area (Å²) < 4.78 is 49.4. The number of carbonyl (C=O) groups is 1. The van der Waals surface area contributed by atoms with Crippen LogP contribution in [0.1, 0.15) is 52.8 Å². The van der Waals surface area contributed by atoms with Crippen LogP contribution in [0, 0.1) is 5.92 Å². The molecule has 4 rings (SSSR count). The molecular weight excluding hydrogens is 481 g/mol. The van der Waals surface area contributed by atoms with E-state index < -0.39 is 17.9 Å². The van der Waals surface area contributed by atoms with Gasteiger partial charge in [-0.2, -0.15) is 13.2 Å². The lowest BCUT2D eigenvalue weighted by Gasteiger charge is -2.13. The molecule has 1 aliphatic heterocycles. The lowest BCUT2D eigenvalue weighted by Crippen LogP contribution is -2.23. The van der Waals surface area contributed by atoms with E-state index in [9.17, 15) is 18.0 Å². The summed E-state index contributed by atoms with van der Waals surface area (Å²) in [6.45, 7) is 5.99. The van der Waals surface area contributed by atoms with Crippen molar-refractivity contribution in [3.63, 3.8) is 0 Å². The fourth-order valence-electron chi connectivity index (χ4n) is 3.43. The predicted molar refractivity (Wildman–Crippen MR) is 124 cm³/mol. The summed E-state index contributed by atoms with van der Waals surface area (Å²) in [6.07, 6.45) is 0.237. The lowest BCUT2D eigenvalue weighted by atomic mass is 10.1. The summed E-state index contributed by atoms with van der Waals surface area (Å²) in [5.74, 6) is -0.459. The van der Waals surface area contributed by atoms with Crippen LogP contribution in [0.4, 0.5) is 13.2 Å². The molecule has 1 aliphatic rings. The van der Waals surface area contributed by atoms with Gasteiger partial charge in [0.1, 0.15) is 10.8 Å². The summed E-state index contributed by atoms with van der Waals surface area (Å²) in [6, 6.07) is 5.24. The van der Waals surface area contributed by atoms with Crippen molar-refractivity contribution in [1.82, 2.24) is 20.3 Å². The fourth-order valence-corrected chi connectivity index (χ4v) is 4.34. The highest BCUT2D eigenvalue weighted by molar-refractivity contribution is 7.15. The zero-order chi connectivity index (χ0) is 25.0. The van der Waals surface area contributed by atoms with Crippen LogP contribution >= 0.6 is 11.3 Å². The number of nitrogens with one attached hydrogen (secondary N) is 1. The van der Waals surface area contributed by atoms with Gasteiger partial charge < -0.3 is 14.8 Å². The first kappa shape index (κ1) is 25.1. The number of alkyl halides is 3. The summed E-state index contributed by atoms with van der Waals surface area (Å²) in [4.78, 5) is 25.2. The van der Waals surface area contributed by atoms with Crippen LogP contribution in [0.5, 0.6) is 5.75 Å². The largest absolute Gasteiger partial charge is 0.493 e. The summed E-state index contributed by atoms with van der Waals surface area (Å²) in [7, 11) is 0. The van der Waals surface area contributed by atoms with Crippen molar-refractivity contribution >= 4 is 17.2 Å². The fraction of sp³-hybridized carbons (Fsp3) is 0.417. The summed E-state index contributed by atoms with van der Waals surface area (Å²) in [5, 5.41) is 3.48. The highest BCUT2D eigenvalue weighted by Crippen LogP contribution is 2.33. The number of nitrogens with zero attached hydrogens (tertiary/aromatic N) is 3. The van der Waals surface area contributed by atoms with Gasteiger partial charge in [0, 0.05) is 59.2 Å². The molecule has 186 valence electrons. The molecule has 11 heteroatoms. The third-order valence-electron chi connectivity index (χ3n) is 5.43. The van der Waals surface area contributed by atoms with Gasteiger partial charge in [-0.15, -0.1) is 11.3 Å². The quantitative estimate of drug-likeness (QED) is 0.458. The molecule has 0 spiro atoms. The van der Waals surface area contributed by atoms with Gasteiger partial charge in [0.15, 0.2) is 0 Å². The van der Waals surface area contributed by atoms with Crippen LogP contribution in [0.15, 0.2) is 36.8 Å². The molecule has 0 saturated carbocycles. The number of thiazole rings is 1. The molecule has 0 unspecified atom stereocenters. The topological polar surface area (TPSA) is 86.2 Å². The van der Waals surface area contributed by atoms with E-state index in [1.807, 2.05) is 12.3 Å². The molecule has 3 aromatic rings. The van der Waals surface area contributed by atoms with Crippen molar-refractivity contribution in [2.75, 3.05) is 19.8 Å². The number of hydrogen-bond acceptors (Lipinski definition) is 7. The van der Waals surface area contributed by atoms with Gasteiger partial charge >= 0.3 is 6.18 Å². The van der Waals surface area contributed by atoms with E-state index >= 15 is 0 Å². The van der Waals surface area contributed by atoms with Gasteiger partial charge in [0.05, 0.1) is 13.2 Å². The Hall–Kier alpha value is -3.05. The maximum Gasteiger partial charge on any atom is 0.451 e. The Bertz CT molecular complexity index is 1160.